The van der Waals surface area contributed by atoms with E-state index in [-0.39, 0.29) is 23.1 Å². The Morgan fingerprint density at radius 1 is 1.42 bits per heavy atom. The molecule has 1 aliphatic heterocycles. The van der Waals surface area contributed by atoms with Gasteiger partial charge >= 0.3 is 5.97 Å². The summed E-state index contributed by atoms with van der Waals surface area (Å²) in [4.78, 5) is 34.2. The highest BCUT2D eigenvalue weighted by Gasteiger charge is 2.28. The lowest BCUT2D eigenvalue weighted by Gasteiger charge is -2.13. The number of carbonyl (C=O) groups is 3. The predicted octanol–water partition coefficient (Wildman–Crippen LogP) is 0.910. The number of carboxylic acids is 1. The van der Waals surface area contributed by atoms with Crippen molar-refractivity contribution in [1.29, 1.82) is 0 Å². The fourth-order valence-electron chi connectivity index (χ4n) is 2.09. The molecule has 6 nitrogen and oxygen atoms in total. The fourth-order valence-corrected chi connectivity index (χ4v) is 2.09. The van der Waals surface area contributed by atoms with E-state index in [1.165, 1.54) is 6.07 Å². The molecule has 1 heterocycles. The van der Waals surface area contributed by atoms with Crippen LogP contribution in [-0.4, -0.2) is 28.9 Å². The van der Waals surface area contributed by atoms with Gasteiger partial charge in [0.2, 0.25) is 11.8 Å². The maximum atomic E-state index is 11.9. The monoisotopic (exact) mass is 262 g/mol. The zero-order chi connectivity index (χ0) is 14.0. The van der Waals surface area contributed by atoms with Crippen LogP contribution in [0.3, 0.4) is 0 Å². The van der Waals surface area contributed by atoms with Gasteiger partial charge in [-0.25, -0.2) is 4.79 Å². The summed E-state index contributed by atoms with van der Waals surface area (Å²) in [6.07, 6.45) is 0.747. The number of nitrogens with one attached hydrogen (secondary N) is 2. The number of aryl methyl sites for hydroxylation is 1. The first-order valence-corrected chi connectivity index (χ1v) is 5.92. The molecule has 1 saturated heterocycles. The van der Waals surface area contributed by atoms with E-state index < -0.39 is 12.0 Å². The maximum absolute atomic E-state index is 11.9. The van der Waals surface area contributed by atoms with Crippen LogP contribution in [0.15, 0.2) is 18.2 Å². The van der Waals surface area contributed by atoms with Gasteiger partial charge in [-0.15, -0.1) is 0 Å². The smallest absolute Gasteiger partial charge is 0.338 e. The summed E-state index contributed by atoms with van der Waals surface area (Å²) in [5.41, 5.74) is 0.888. The second kappa shape index (κ2) is 5.09. The molecule has 0 unspecified atom stereocenters. The van der Waals surface area contributed by atoms with Crippen molar-refractivity contribution < 1.29 is 19.5 Å². The summed E-state index contributed by atoms with van der Waals surface area (Å²) in [5, 5.41) is 14.2. The molecular formula is C13H14N2O4. The van der Waals surface area contributed by atoms with Gasteiger partial charge in [0, 0.05) is 6.42 Å². The Labute approximate surface area is 109 Å². The van der Waals surface area contributed by atoms with E-state index in [9.17, 15) is 14.4 Å². The number of anilines is 1. The Hall–Kier alpha value is -2.37. The second-order valence-electron chi connectivity index (χ2n) is 4.45. The molecule has 0 spiro atoms. The molecule has 3 N–H and O–H groups in total. The molecule has 2 amide bonds. The van der Waals surface area contributed by atoms with E-state index in [1.807, 2.05) is 0 Å². The van der Waals surface area contributed by atoms with Gasteiger partial charge in [-0.2, -0.15) is 0 Å². The first kappa shape index (κ1) is 13.1. The molecule has 0 bridgehead atoms. The zero-order valence-corrected chi connectivity index (χ0v) is 10.4. The van der Waals surface area contributed by atoms with Gasteiger partial charge in [0.05, 0.1) is 11.3 Å². The molecular weight excluding hydrogens is 248 g/mol. The molecule has 1 aromatic rings. The highest BCUT2D eigenvalue weighted by molar-refractivity contribution is 6.04. The van der Waals surface area contributed by atoms with Gasteiger partial charge in [-0.05, 0) is 25.0 Å². The van der Waals surface area contributed by atoms with E-state index >= 15 is 0 Å². The zero-order valence-electron chi connectivity index (χ0n) is 10.4. The highest BCUT2D eigenvalue weighted by Crippen LogP contribution is 2.20. The molecule has 100 valence electrons. The average Bonchev–Trinajstić information content (AvgIpc) is 2.75. The van der Waals surface area contributed by atoms with E-state index in [4.69, 9.17) is 5.11 Å². The standard InChI is InChI=1S/C13H14N2O4/c1-7-3-2-4-8(11(7)13(18)19)15-12(17)9-5-6-10(16)14-9/h2-4,9H,5-6H2,1H3,(H,14,16)(H,15,17)(H,18,19)/t9-/m0/s1. The quantitative estimate of drug-likeness (QED) is 0.754. The molecule has 19 heavy (non-hydrogen) atoms. The topological polar surface area (TPSA) is 95.5 Å². The molecule has 1 atom stereocenters. The Bertz CT molecular complexity index is 554. The van der Waals surface area contributed by atoms with Crippen LogP contribution < -0.4 is 10.6 Å². The van der Waals surface area contributed by atoms with Crippen LogP contribution in [0.5, 0.6) is 0 Å². The van der Waals surface area contributed by atoms with Crippen LogP contribution in [-0.2, 0) is 9.59 Å². The molecule has 2 rings (SSSR count). The van der Waals surface area contributed by atoms with Crippen molar-refractivity contribution in [3.8, 4) is 0 Å². The van der Waals surface area contributed by atoms with Crippen LogP contribution in [0, 0.1) is 6.92 Å². The van der Waals surface area contributed by atoms with Crippen molar-refractivity contribution in [1.82, 2.24) is 5.32 Å². The van der Waals surface area contributed by atoms with Gasteiger partial charge < -0.3 is 15.7 Å². The van der Waals surface area contributed by atoms with Crippen molar-refractivity contribution >= 4 is 23.5 Å². The molecule has 1 fully saturated rings. The third-order valence-corrected chi connectivity index (χ3v) is 3.06. The van der Waals surface area contributed by atoms with Crippen molar-refractivity contribution in [2.75, 3.05) is 5.32 Å². The van der Waals surface area contributed by atoms with Crippen LogP contribution in [0.1, 0.15) is 28.8 Å². The third kappa shape index (κ3) is 2.73. The minimum absolute atomic E-state index is 0.0696. The number of amides is 2. The van der Waals surface area contributed by atoms with Gasteiger partial charge in [-0.3, -0.25) is 9.59 Å². The third-order valence-electron chi connectivity index (χ3n) is 3.06. The Kier molecular flexibility index (Phi) is 3.50. The Balaban J connectivity index is 2.19. The van der Waals surface area contributed by atoms with E-state index in [0.717, 1.165) is 0 Å². The first-order chi connectivity index (χ1) is 8.99. The van der Waals surface area contributed by atoms with Crippen LogP contribution in [0.25, 0.3) is 0 Å². The SMILES string of the molecule is Cc1cccc(NC(=O)[C@@H]2CCC(=O)N2)c1C(=O)O. The first-order valence-electron chi connectivity index (χ1n) is 5.92. The number of rotatable bonds is 3. The summed E-state index contributed by atoms with van der Waals surface area (Å²) in [6, 6.07) is 4.28. The average molecular weight is 262 g/mol. The van der Waals surface area contributed by atoms with Gasteiger partial charge in [0.25, 0.3) is 0 Å². The van der Waals surface area contributed by atoms with Gasteiger partial charge in [0.1, 0.15) is 6.04 Å². The van der Waals surface area contributed by atoms with Crippen molar-refractivity contribution in [2.24, 2.45) is 0 Å². The summed E-state index contributed by atoms with van der Waals surface area (Å²) >= 11 is 0. The van der Waals surface area contributed by atoms with Gasteiger partial charge in [-0.1, -0.05) is 12.1 Å². The number of hydrogen-bond acceptors (Lipinski definition) is 3. The summed E-state index contributed by atoms with van der Waals surface area (Å²) in [5.74, 6) is -1.65. The lowest BCUT2D eigenvalue weighted by atomic mass is 10.1. The Morgan fingerprint density at radius 2 is 2.16 bits per heavy atom. The molecule has 0 saturated carbocycles. The highest BCUT2D eigenvalue weighted by atomic mass is 16.4. The van der Waals surface area contributed by atoms with Gasteiger partial charge in [0.15, 0.2) is 0 Å². The lowest BCUT2D eigenvalue weighted by molar-refractivity contribution is -0.122. The molecule has 1 aliphatic rings. The number of carbonyl (C=O) groups excluding carboxylic acids is 2. The number of aromatic carboxylic acids is 1. The molecule has 0 aromatic heterocycles. The molecule has 0 aliphatic carbocycles. The lowest BCUT2D eigenvalue weighted by Crippen LogP contribution is -2.37. The van der Waals surface area contributed by atoms with Crippen LogP contribution in [0.4, 0.5) is 5.69 Å². The Morgan fingerprint density at radius 3 is 2.74 bits per heavy atom. The number of benzene rings is 1. The summed E-state index contributed by atoms with van der Waals surface area (Å²) in [7, 11) is 0. The predicted molar refractivity (Wildman–Crippen MR) is 67.9 cm³/mol. The normalized spacial score (nSPS) is 17.9. The maximum Gasteiger partial charge on any atom is 0.338 e. The molecule has 1 aromatic carbocycles. The van der Waals surface area contributed by atoms with Crippen molar-refractivity contribution in [3.63, 3.8) is 0 Å². The minimum Gasteiger partial charge on any atom is -0.478 e. The van der Waals surface area contributed by atoms with E-state index in [1.54, 1.807) is 19.1 Å². The largest absolute Gasteiger partial charge is 0.478 e. The number of hydrogen-bond donors (Lipinski definition) is 3. The second-order valence-corrected chi connectivity index (χ2v) is 4.45. The van der Waals surface area contributed by atoms with Crippen LogP contribution in [0.2, 0.25) is 0 Å². The van der Waals surface area contributed by atoms with E-state index in [0.29, 0.717) is 18.4 Å². The van der Waals surface area contributed by atoms with E-state index in [2.05, 4.69) is 10.6 Å². The summed E-state index contributed by atoms with van der Waals surface area (Å²) < 4.78 is 0. The van der Waals surface area contributed by atoms with Crippen molar-refractivity contribution in [3.05, 3.63) is 29.3 Å². The molecule has 6 heteroatoms. The van der Waals surface area contributed by atoms with Crippen molar-refractivity contribution in [2.45, 2.75) is 25.8 Å². The summed E-state index contributed by atoms with van der Waals surface area (Å²) in [6.45, 7) is 1.66. The minimum atomic E-state index is -1.09. The molecule has 0 radical (unpaired) electrons. The van der Waals surface area contributed by atoms with Crippen LogP contribution >= 0.6 is 0 Å². The fraction of sp³-hybridized carbons (Fsp3) is 0.308. The number of carboxylic acid groups (broad SMARTS) is 1.